The predicted molar refractivity (Wildman–Crippen MR) is 74.6 cm³/mol. The number of nitrogens with zero attached hydrogens (tertiary/aromatic N) is 1. The molecule has 0 saturated heterocycles. The number of rotatable bonds is 4. The fraction of sp³-hybridized carbons (Fsp3) is 0.143. The molecular formula is C14H13BrN2O. The summed E-state index contributed by atoms with van der Waals surface area (Å²) < 4.78 is 0. The molecule has 0 aliphatic carbocycles. The lowest BCUT2D eigenvalue weighted by atomic mass is 10.00. The highest BCUT2D eigenvalue weighted by Gasteiger charge is 2.15. The Morgan fingerprint density at radius 2 is 1.89 bits per heavy atom. The molecule has 0 radical (unpaired) electrons. The summed E-state index contributed by atoms with van der Waals surface area (Å²) in [6.07, 6.45) is 4.30. The third kappa shape index (κ3) is 2.96. The van der Waals surface area contributed by atoms with E-state index in [9.17, 15) is 4.79 Å². The Labute approximate surface area is 114 Å². The van der Waals surface area contributed by atoms with Crippen molar-refractivity contribution in [3.8, 4) is 0 Å². The van der Waals surface area contributed by atoms with Crippen LogP contribution in [0.4, 0.5) is 0 Å². The van der Waals surface area contributed by atoms with Gasteiger partial charge >= 0.3 is 0 Å². The predicted octanol–water partition coefficient (Wildman–Crippen LogP) is 2.86. The van der Waals surface area contributed by atoms with Gasteiger partial charge in [0.05, 0.1) is 0 Å². The second-order valence-corrected chi connectivity index (χ2v) is 5.08. The lowest BCUT2D eigenvalue weighted by Crippen LogP contribution is -2.14. The van der Waals surface area contributed by atoms with Crippen LogP contribution in [-0.2, 0) is 6.42 Å². The van der Waals surface area contributed by atoms with E-state index in [0.29, 0.717) is 5.56 Å². The lowest BCUT2D eigenvalue weighted by molar-refractivity contribution is 0.0999. The van der Waals surface area contributed by atoms with Gasteiger partial charge in [0.1, 0.15) is 0 Å². The van der Waals surface area contributed by atoms with Gasteiger partial charge in [-0.2, -0.15) is 0 Å². The quantitative estimate of drug-likeness (QED) is 0.883. The third-order valence-electron chi connectivity index (χ3n) is 2.73. The molecule has 1 amide bonds. The van der Waals surface area contributed by atoms with Crippen molar-refractivity contribution in [2.45, 2.75) is 11.2 Å². The largest absolute Gasteiger partial charge is 0.366 e. The minimum Gasteiger partial charge on any atom is -0.366 e. The number of carbonyl (C=O) groups excluding carboxylic acids is 1. The first-order valence-electron chi connectivity index (χ1n) is 5.60. The van der Waals surface area contributed by atoms with Crippen molar-refractivity contribution in [3.05, 3.63) is 65.5 Å². The van der Waals surface area contributed by atoms with Crippen LogP contribution in [0.1, 0.15) is 26.3 Å². The number of amides is 1. The standard InChI is InChI=1S/C14H13BrN2O/c15-13(9-10-5-7-17-8-6-10)11-3-1-2-4-12(11)14(16)18/h1-8,13H,9H2,(H2,16,18). The molecular weight excluding hydrogens is 292 g/mol. The fourth-order valence-electron chi connectivity index (χ4n) is 1.83. The van der Waals surface area contributed by atoms with Gasteiger partial charge in [0.15, 0.2) is 0 Å². The molecule has 4 heteroatoms. The van der Waals surface area contributed by atoms with Gasteiger partial charge in [0, 0.05) is 22.8 Å². The average Bonchev–Trinajstić information content (AvgIpc) is 2.40. The molecule has 0 saturated carbocycles. The highest BCUT2D eigenvalue weighted by molar-refractivity contribution is 9.09. The second kappa shape index (κ2) is 5.78. The maximum absolute atomic E-state index is 11.4. The molecule has 2 N–H and O–H groups in total. The number of hydrogen-bond donors (Lipinski definition) is 1. The Hall–Kier alpha value is -1.68. The zero-order chi connectivity index (χ0) is 13.0. The Morgan fingerprint density at radius 3 is 2.56 bits per heavy atom. The van der Waals surface area contributed by atoms with Crippen molar-refractivity contribution in [3.63, 3.8) is 0 Å². The molecule has 0 aliphatic heterocycles. The average molecular weight is 305 g/mol. The van der Waals surface area contributed by atoms with Crippen molar-refractivity contribution in [2.24, 2.45) is 5.73 Å². The summed E-state index contributed by atoms with van der Waals surface area (Å²) in [5, 5.41) is 0. The van der Waals surface area contributed by atoms with Crippen LogP contribution < -0.4 is 5.73 Å². The molecule has 2 rings (SSSR count). The van der Waals surface area contributed by atoms with Crippen LogP contribution in [0.15, 0.2) is 48.8 Å². The number of pyridine rings is 1. The van der Waals surface area contributed by atoms with E-state index in [1.165, 1.54) is 0 Å². The van der Waals surface area contributed by atoms with E-state index >= 15 is 0 Å². The van der Waals surface area contributed by atoms with E-state index in [0.717, 1.165) is 17.5 Å². The lowest BCUT2D eigenvalue weighted by Gasteiger charge is -2.13. The van der Waals surface area contributed by atoms with E-state index in [-0.39, 0.29) is 4.83 Å². The third-order valence-corrected chi connectivity index (χ3v) is 3.54. The van der Waals surface area contributed by atoms with Gasteiger partial charge in [0.2, 0.25) is 5.91 Å². The summed E-state index contributed by atoms with van der Waals surface area (Å²) in [6.45, 7) is 0. The van der Waals surface area contributed by atoms with Gasteiger partial charge < -0.3 is 5.73 Å². The molecule has 92 valence electrons. The van der Waals surface area contributed by atoms with E-state index in [1.54, 1.807) is 18.5 Å². The molecule has 0 aliphatic rings. The van der Waals surface area contributed by atoms with E-state index in [4.69, 9.17) is 5.73 Å². The van der Waals surface area contributed by atoms with Crippen LogP contribution in [-0.4, -0.2) is 10.9 Å². The van der Waals surface area contributed by atoms with Crippen LogP contribution in [0.2, 0.25) is 0 Å². The van der Waals surface area contributed by atoms with Crippen molar-refractivity contribution in [1.29, 1.82) is 0 Å². The summed E-state index contributed by atoms with van der Waals surface area (Å²) in [7, 11) is 0. The number of alkyl halides is 1. The van der Waals surface area contributed by atoms with Gasteiger partial charge in [-0.3, -0.25) is 9.78 Å². The van der Waals surface area contributed by atoms with E-state index in [2.05, 4.69) is 20.9 Å². The molecule has 1 aromatic heterocycles. The molecule has 1 atom stereocenters. The first-order chi connectivity index (χ1) is 8.68. The number of carbonyl (C=O) groups is 1. The Bertz CT molecular complexity index is 543. The smallest absolute Gasteiger partial charge is 0.249 e. The normalized spacial score (nSPS) is 12.1. The van der Waals surface area contributed by atoms with Crippen molar-refractivity contribution >= 4 is 21.8 Å². The van der Waals surface area contributed by atoms with Crippen molar-refractivity contribution in [1.82, 2.24) is 4.98 Å². The molecule has 2 aromatic rings. The number of benzene rings is 1. The number of halogens is 1. The van der Waals surface area contributed by atoms with Crippen molar-refractivity contribution in [2.75, 3.05) is 0 Å². The van der Waals surface area contributed by atoms with E-state index < -0.39 is 5.91 Å². The Morgan fingerprint density at radius 1 is 1.22 bits per heavy atom. The highest BCUT2D eigenvalue weighted by atomic mass is 79.9. The van der Waals surface area contributed by atoms with Crippen LogP contribution in [0.3, 0.4) is 0 Å². The Kier molecular flexibility index (Phi) is 4.10. The molecule has 0 bridgehead atoms. The minimum atomic E-state index is -0.398. The molecule has 18 heavy (non-hydrogen) atoms. The van der Waals surface area contributed by atoms with Gasteiger partial charge in [0.25, 0.3) is 0 Å². The Balaban J connectivity index is 2.24. The number of primary amides is 1. The van der Waals surface area contributed by atoms with Gasteiger partial charge in [-0.05, 0) is 35.7 Å². The minimum absolute atomic E-state index is 0.0589. The SMILES string of the molecule is NC(=O)c1ccccc1C(Br)Cc1ccncc1. The monoisotopic (exact) mass is 304 g/mol. The van der Waals surface area contributed by atoms with Crippen LogP contribution in [0, 0.1) is 0 Å². The molecule has 3 nitrogen and oxygen atoms in total. The fourth-order valence-corrected chi connectivity index (χ4v) is 2.60. The maximum atomic E-state index is 11.4. The molecule has 1 heterocycles. The summed E-state index contributed by atoms with van der Waals surface area (Å²) >= 11 is 3.61. The van der Waals surface area contributed by atoms with Crippen molar-refractivity contribution < 1.29 is 4.79 Å². The summed E-state index contributed by atoms with van der Waals surface area (Å²) in [5.74, 6) is -0.398. The number of aromatic nitrogens is 1. The van der Waals surface area contributed by atoms with Crippen LogP contribution >= 0.6 is 15.9 Å². The highest BCUT2D eigenvalue weighted by Crippen LogP contribution is 2.29. The molecule has 1 aromatic carbocycles. The zero-order valence-corrected chi connectivity index (χ0v) is 11.3. The first kappa shape index (κ1) is 12.8. The van der Waals surface area contributed by atoms with E-state index in [1.807, 2.05) is 30.3 Å². The van der Waals surface area contributed by atoms with Crippen LogP contribution in [0.5, 0.6) is 0 Å². The number of hydrogen-bond acceptors (Lipinski definition) is 2. The second-order valence-electron chi connectivity index (χ2n) is 3.98. The molecule has 0 spiro atoms. The summed E-state index contributed by atoms with van der Waals surface area (Å²) in [4.78, 5) is 15.4. The number of nitrogens with two attached hydrogens (primary N) is 1. The zero-order valence-electron chi connectivity index (χ0n) is 9.71. The first-order valence-corrected chi connectivity index (χ1v) is 6.51. The summed E-state index contributed by atoms with van der Waals surface area (Å²) in [6, 6.07) is 11.3. The molecule has 1 unspecified atom stereocenters. The van der Waals surface area contributed by atoms with Crippen LogP contribution in [0.25, 0.3) is 0 Å². The van der Waals surface area contributed by atoms with Gasteiger partial charge in [-0.1, -0.05) is 34.1 Å². The molecule has 0 fully saturated rings. The topological polar surface area (TPSA) is 56.0 Å². The summed E-state index contributed by atoms with van der Waals surface area (Å²) in [5.41, 5.74) is 8.02. The van der Waals surface area contributed by atoms with Gasteiger partial charge in [-0.15, -0.1) is 0 Å². The maximum Gasteiger partial charge on any atom is 0.249 e. The van der Waals surface area contributed by atoms with Gasteiger partial charge in [-0.25, -0.2) is 0 Å².